The summed E-state index contributed by atoms with van der Waals surface area (Å²) in [5.74, 6) is -0.542. The number of nitrogens with one attached hydrogen (secondary N) is 2. The van der Waals surface area contributed by atoms with Gasteiger partial charge >= 0.3 is 5.97 Å². The lowest BCUT2D eigenvalue weighted by molar-refractivity contribution is -0.150. The van der Waals surface area contributed by atoms with E-state index in [1.807, 2.05) is 12.3 Å². The standard InChI is InChI=1S/C18H26N2O5S2/c1-12-4-5-13(2)16(10-12)27(23,24)20-15(8-9-26-3)18(22)25-11-17(21)19-14-6-7-14/h4-5,10,14-15,20H,6-9,11H2,1-3H3,(H,19,21)/t15-/m1/s1. The lowest BCUT2D eigenvalue weighted by atomic mass is 10.2. The summed E-state index contributed by atoms with van der Waals surface area (Å²) in [5.41, 5.74) is 1.40. The number of hydrogen-bond donors (Lipinski definition) is 2. The zero-order valence-electron chi connectivity index (χ0n) is 15.8. The normalized spacial score (nSPS) is 15.2. The van der Waals surface area contributed by atoms with Crippen LogP contribution in [0.4, 0.5) is 0 Å². The summed E-state index contributed by atoms with van der Waals surface area (Å²) in [5, 5.41) is 2.72. The second-order valence-corrected chi connectivity index (χ2v) is 9.34. The van der Waals surface area contributed by atoms with Gasteiger partial charge in [0.25, 0.3) is 5.91 Å². The van der Waals surface area contributed by atoms with E-state index in [4.69, 9.17) is 4.74 Å². The molecule has 1 saturated carbocycles. The molecule has 0 heterocycles. The second kappa shape index (κ2) is 9.57. The molecular formula is C18H26N2O5S2. The van der Waals surface area contributed by atoms with Crippen LogP contribution < -0.4 is 10.0 Å². The van der Waals surface area contributed by atoms with Gasteiger partial charge in [0.05, 0.1) is 4.90 Å². The maximum Gasteiger partial charge on any atom is 0.324 e. The topological polar surface area (TPSA) is 102 Å². The Morgan fingerprint density at radius 2 is 2.00 bits per heavy atom. The average Bonchev–Trinajstić information content (AvgIpc) is 3.42. The zero-order valence-corrected chi connectivity index (χ0v) is 17.4. The summed E-state index contributed by atoms with van der Waals surface area (Å²) < 4.78 is 33.0. The Morgan fingerprint density at radius 3 is 2.63 bits per heavy atom. The number of amides is 1. The molecule has 2 N–H and O–H groups in total. The monoisotopic (exact) mass is 414 g/mol. The average molecular weight is 415 g/mol. The van der Waals surface area contributed by atoms with Gasteiger partial charge in [-0.2, -0.15) is 16.5 Å². The van der Waals surface area contributed by atoms with E-state index < -0.39 is 28.6 Å². The number of sulfonamides is 1. The van der Waals surface area contributed by atoms with Gasteiger partial charge < -0.3 is 10.1 Å². The molecular weight excluding hydrogens is 388 g/mol. The van der Waals surface area contributed by atoms with Crippen molar-refractivity contribution in [3.63, 3.8) is 0 Å². The Labute approximate surface area is 164 Å². The molecule has 1 aliphatic rings. The molecule has 1 aromatic carbocycles. The zero-order chi connectivity index (χ0) is 20.0. The van der Waals surface area contributed by atoms with Crippen LogP contribution in [-0.2, 0) is 24.3 Å². The minimum Gasteiger partial charge on any atom is -0.454 e. The molecule has 0 saturated heterocycles. The van der Waals surface area contributed by atoms with Gasteiger partial charge in [0.15, 0.2) is 6.61 Å². The third kappa shape index (κ3) is 6.82. The van der Waals surface area contributed by atoms with E-state index in [1.54, 1.807) is 26.0 Å². The van der Waals surface area contributed by atoms with Crippen molar-refractivity contribution in [2.45, 2.75) is 50.1 Å². The lowest BCUT2D eigenvalue weighted by Gasteiger charge is -2.18. The van der Waals surface area contributed by atoms with Crippen LogP contribution in [0.5, 0.6) is 0 Å². The molecule has 0 spiro atoms. The Balaban J connectivity index is 2.06. The van der Waals surface area contributed by atoms with Gasteiger partial charge in [0.2, 0.25) is 10.0 Å². The van der Waals surface area contributed by atoms with E-state index in [0.29, 0.717) is 11.3 Å². The van der Waals surface area contributed by atoms with E-state index in [9.17, 15) is 18.0 Å². The number of carbonyl (C=O) groups excluding carboxylic acids is 2. The maximum absolute atomic E-state index is 12.8. The summed E-state index contributed by atoms with van der Waals surface area (Å²) in [6.07, 6.45) is 4.01. The van der Waals surface area contributed by atoms with Gasteiger partial charge in [0.1, 0.15) is 6.04 Å². The van der Waals surface area contributed by atoms with Crippen LogP contribution in [0.3, 0.4) is 0 Å². The Bertz CT molecular complexity index is 791. The fourth-order valence-corrected chi connectivity index (χ4v) is 4.46. The van der Waals surface area contributed by atoms with Crippen molar-refractivity contribution >= 4 is 33.7 Å². The fraction of sp³-hybridized carbons (Fsp3) is 0.556. The van der Waals surface area contributed by atoms with E-state index in [1.165, 1.54) is 11.8 Å². The highest BCUT2D eigenvalue weighted by Gasteiger charge is 2.29. The van der Waals surface area contributed by atoms with Crippen LogP contribution in [-0.4, -0.2) is 51.0 Å². The SMILES string of the molecule is CSCC[C@@H](NS(=O)(=O)c1cc(C)ccc1C)C(=O)OCC(=O)NC1CC1. The molecule has 1 amide bonds. The number of aryl methyl sites for hydroxylation is 2. The number of ether oxygens (including phenoxy) is 1. The molecule has 0 unspecified atom stereocenters. The highest BCUT2D eigenvalue weighted by Crippen LogP contribution is 2.19. The lowest BCUT2D eigenvalue weighted by Crippen LogP contribution is -2.43. The smallest absolute Gasteiger partial charge is 0.324 e. The quantitative estimate of drug-likeness (QED) is 0.563. The molecule has 0 aromatic heterocycles. The van der Waals surface area contributed by atoms with Crippen molar-refractivity contribution < 1.29 is 22.7 Å². The van der Waals surface area contributed by atoms with Crippen molar-refractivity contribution in [2.24, 2.45) is 0 Å². The Morgan fingerprint density at radius 1 is 1.30 bits per heavy atom. The summed E-state index contributed by atoms with van der Waals surface area (Å²) in [6, 6.07) is 4.24. The highest BCUT2D eigenvalue weighted by atomic mass is 32.2. The number of benzene rings is 1. The first-order valence-corrected chi connectivity index (χ1v) is 11.6. The van der Waals surface area contributed by atoms with Gasteiger partial charge in [-0.25, -0.2) is 8.42 Å². The molecule has 0 bridgehead atoms. The van der Waals surface area contributed by atoms with Crippen LogP contribution in [0.2, 0.25) is 0 Å². The number of carbonyl (C=O) groups is 2. The highest BCUT2D eigenvalue weighted by molar-refractivity contribution is 7.98. The molecule has 1 atom stereocenters. The first-order valence-electron chi connectivity index (χ1n) is 8.77. The molecule has 0 radical (unpaired) electrons. The molecule has 1 fully saturated rings. The van der Waals surface area contributed by atoms with Crippen LogP contribution >= 0.6 is 11.8 Å². The second-order valence-electron chi connectivity index (χ2n) is 6.67. The summed E-state index contributed by atoms with van der Waals surface area (Å²) in [7, 11) is -3.90. The van der Waals surface area contributed by atoms with Crippen molar-refractivity contribution in [3.8, 4) is 0 Å². The Hall–Kier alpha value is -1.58. The molecule has 1 aromatic rings. The number of thioether (sulfide) groups is 1. The molecule has 27 heavy (non-hydrogen) atoms. The molecule has 1 aliphatic carbocycles. The summed E-state index contributed by atoms with van der Waals surface area (Å²) in [4.78, 5) is 24.2. The van der Waals surface area contributed by atoms with Gasteiger partial charge in [-0.05, 0) is 62.3 Å². The molecule has 0 aliphatic heterocycles. The maximum atomic E-state index is 12.8. The molecule has 150 valence electrons. The third-order valence-electron chi connectivity index (χ3n) is 4.11. The Kier molecular flexibility index (Phi) is 7.69. The van der Waals surface area contributed by atoms with Crippen molar-refractivity contribution in [1.29, 1.82) is 0 Å². The van der Waals surface area contributed by atoms with E-state index in [0.717, 1.165) is 18.4 Å². The largest absolute Gasteiger partial charge is 0.454 e. The molecule has 2 rings (SSSR count). The van der Waals surface area contributed by atoms with Gasteiger partial charge in [-0.1, -0.05) is 12.1 Å². The summed E-state index contributed by atoms with van der Waals surface area (Å²) >= 11 is 1.49. The van der Waals surface area contributed by atoms with Crippen molar-refractivity contribution in [3.05, 3.63) is 29.3 Å². The van der Waals surface area contributed by atoms with E-state index >= 15 is 0 Å². The minimum atomic E-state index is -3.90. The predicted octanol–water partition coefficient (Wildman–Crippen LogP) is 1.53. The first-order chi connectivity index (χ1) is 12.7. The van der Waals surface area contributed by atoms with E-state index in [-0.39, 0.29) is 23.3 Å². The summed E-state index contributed by atoms with van der Waals surface area (Å²) in [6.45, 7) is 3.10. The number of esters is 1. The van der Waals surface area contributed by atoms with Crippen molar-refractivity contribution in [1.82, 2.24) is 10.0 Å². The van der Waals surface area contributed by atoms with E-state index in [2.05, 4.69) is 10.0 Å². The number of hydrogen-bond acceptors (Lipinski definition) is 6. The number of rotatable bonds is 10. The van der Waals surface area contributed by atoms with Crippen LogP contribution in [0.25, 0.3) is 0 Å². The van der Waals surface area contributed by atoms with Gasteiger partial charge in [-0.15, -0.1) is 0 Å². The molecule has 7 nitrogen and oxygen atoms in total. The van der Waals surface area contributed by atoms with Crippen LogP contribution in [0.15, 0.2) is 23.1 Å². The minimum absolute atomic E-state index is 0.135. The third-order valence-corrected chi connectivity index (χ3v) is 6.37. The van der Waals surface area contributed by atoms with Gasteiger partial charge in [-0.3, -0.25) is 9.59 Å². The van der Waals surface area contributed by atoms with Gasteiger partial charge in [0, 0.05) is 6.04 Å². The van der Waals surface area contributed by atoms with Crippen LogP contribution in [0, 0.1) is 13.8 Å². The fourth-order valence-electron chi connectivity index (χ4n) is 2.44. The van der Waals surface area contributed by atoms with Crippen molar-refractivity contribution in [2.75, 3.05) is 18.6 Å². The van der Waals surface area contributed by atoms with Crippen LogP contribution in [0.1, 0.15) is 30.4 Å². The first kappa shape index (κ1) is 21.7. The molecule has 9 heteroatoms. The predicted molar refractivity (Wildman–Crippen MR) is 105 cm³/mol.